The van der Waals surface area contributed by atoms with Gasteiger partial charge in [0, 0.05) is 38.1 Å². The Bertz CT molecular complexity index is 756. The number of pyridine rings is 1. The molecular formula is C20H27Cl2N3O4. The maximum atomic E-state index is 12.3. The molecule has 29 heavy (non-hydrogen) atoms. The van der Waals surface area contributed by atoms with Crippen LogP contribution in [-0.2, 0) is 16.1 Å². The van der Waals surface area contributed by atoms with E-state index in [1.165, 1.54) is 0 Å². The van der Waals surface area contributed by atoms with Crippen molar-refractivity contribution in [2.45, 2.75) is 25.4 Å². The summed E-state index contributed by atoms with van der Waals surface area (Å²) >= 11 is 0. The van der Waals surface area contributed by atoms with Crippen molar-refractivity contribution in [3.8, 4) is 17.4 Å². The highest BCUT2D eigenvalue weighted by atomic mass is 35.5. The van der Waals surface area contributed by atoms with Gasteiger partial charge in [0.15, 0.2) is 0 Å². The summed E-state index contributed by atoms with van der Waals surface area (Å²) in [6, 6.07) is 10.4. The molecule has 1 saturated heterocycles. The van der Waals surface area contributed by atoms with Crippen LogP contribution >= 0.6 is 24.8 Å². The van der Waals surface area contributed by atoms with Crippen LogP contribution in [0, 0.1) is 5.92 Å². The molecule has 0 spiro atoms. The summed E-state index contributed by atoms with van der Waals surface area (Å²) < 4.78 is 16.2. The molecule has 9 heteroatoms. The molecule has 1 atom stereocenters. The van der Waals surface area contributed by atoms with Crippen LogP contribution in [0.2, 0.25) is 0 Å². The number of nitrogens with zero attached hydrogens (tertiary/aromatic N) is 1. The summed E-state index contributed by atoms with van der Waals surface area (Å²) in [7, 11) is 1.61. The third-order valence-electron chi connectivity index (χ3n) is 4.60. The summed E-state index contributed by atoms with van der Waals surface area (Å²) in [4.78, 5) is 16.5. The lowest BCUT2D eigenvalue weighted by molar-refractivity contribution is -0.124. The standard InChI is InChI=1S/C20H25N3O4.2ClH/c1-25-16-3-2-4-17(11-16)27-18-6-5-14(12-22-18)13-23-20(24)19(21)15-7-9-26-10-8-15;;/h2-6,11-12,15,19H,7-10,13,21H2,1H3,(H,23,24);2*1H. The van der Waals surface area contributed by atoms with Gasteiger partial charge < -0.3 is 25.3 Å². The molecule has 1 aliphatic heterocycles. The predicted molar refractivity (Wildman–Crippen MR) is 115 cm³/mol. The molecule has 0 bridgehead atoms. The van der Waals surface area contributed by atoms with Gasteiger partial charge in [0.2, 0.25) is 11.8 Å². The van der Waals surface area contributed by atoms with Gasteiger partial charge in [-0.05, 0) is 36.5 Å². The van der Waals surface area contributed by atoms with E-state index in [9.17, 15) is 4.79 Å². The number of hydrogen-bond donors (Lipinski definition) is 2. The molecule has 160 valence electrons. The van der Waals surface area contributed by atoms with Crippen LogP contribution in [0.25, 0.3) is 0 Å². The third-order valence-corrected chi connectivity index (χ3v) is 4.60. The third kappa shape index (κ3) is 7.36. The Balaban J connectivity index is 0.00000210. The summed E-state index contributed by atoms with van der Waals surface area (Å²) in [5.41, 5.74) is 6.95. The molecule has 3 rings (SSSR count). The number of carbonyl (C=O) groups is 1. The first kappa shape index (κ1) is 25.0. The van der Waals surface area contributed by atoms with Crippen molar-refractivity contribution in [3.05, 3.63) is 48.2 Å². The SMILES string of the molecule is COc1cccc(Oc2ccc(CNC(=O)C(N)C3CCOCC3)cn2)c1.Cl.Cl. The Hall–Kier alpha value is -2.06. The van der Waals surface area contributed by atoms with Gasteiger partial charge in [-0.2, -0.15) is 0 Å². The molecule has 1 amide bonds. The number of nitrogens with two attached hydrogens (primary N) is 1. The van der Waals surface area contributed by atoms with Gasteiger partial charge >= 0.3 is 0 Å². The molecule has 2 heterocycles. The number of methoxy groups -OCH3 is 1. The molecule has 1 unspecified atom stereocenters. The average Bonchev–Trinajstić information content (AvgIpc) is 2.73. The maximum Gasteiger partial charge on any atom is 0.237 e. The van der Waals surface area contributed by atoms with E-state index in [0.717, 1.165) is 18.4 Å². The molecule has 0 saturated carbocycles. The lowest BCUT2D eigenvalue weighted by Crippen LogP contribution is -2.46. The number of halogens is 2. The maximum absolute atomic E-state index is 12.3. The first-order chi connectivity index (χ1) is 13.2. The van der Waals surface area contributed by atoms with E-state index in [1.54, 1.807) is 25.4 Å². The number of ether oxygens (including phenoxy) is 3. The zero-order valence-electron chi connectivity index (χ0n) is 16.2. The summed E-state index contributed by atoms with van der Waals surface area (Å²) in [6.45, 7) is 1.72. The fourth-order valence-electron chi connectivity index (χ4n) is 2.96. The van der Waals surface area contributed by atoms with E-state index in [1.807, 2.05) is 24.3 Å². The van der Waals surface area contributed by atoms with E-state index in [4.69, 9.17) is 19.9 Å². The molecule has 3 N–H and O–H groups in total. The van der Waals surface area contributed by atoms with Crippen molar-refractivity contribution in [3.63, 3.8) is 0 Å². The monoisotopic (exact) mass is 443 g/mol. The summed E-state index contributed by atoms with van der Waals surface area (Å²) in [5.74, 6) is 1.87. The molecule has 2 aromatic rings. The van der Waals surface area contributed by atoms with Crippen LogP contribution in [0.15, 0.2) is 42.6 Å². The fraction of sp³-hybridized carbons (Fsp3) is 0.400. The molecular weight excluding hydrogens is 417 g/mol. The molecule has 1 aliphatic rings. The topological polar surface area (TPSA) is 95.7 Å². The van der Waals surface area contributed by atoms with E-state index >= 15 is 0 Å². The first-order valence-electron chi connectivity index (χ1n) is 9.03. The Morgan fingerprint density at radius 3 is 2.62 bits per heavy atom. The fourth-order valence-corrected chi connectivity index (χ4v) is 2.96. The van der Waals surface area contributed by atoms with Crippen molar-refractivity contribution in [2.24, 2.45) is 11.7 Å². The van der Waals surface area contributed by atoms with Crippen LogP contribution in [0.4, 0.5) is 0 Å². The molecule has 1 fully saturated rings. The quantitative estimate of drug-likeness (QED) is 0.682. The van der Waals surface area contributed by atoms with Crippen molar-refractivity contribution in [1.29, 1.82) is 0 Å². The van der Waals surface area contributed by atoms with Crippen LogP contribution in [-0.4, -0.2) is 37.3 Å². The number of rotatable bonds is 7. The van der Waals surface area contributed by atoms with Crippen molar-refractivity contribution in [2.75, 3.05) is 20.3 Å². The number of carbonyl (C=O) groups excluding carboxylic acids is 1. The second-order valence-electron chi connectivity index (χ2n) is 6.48. The Labute approximate surface area is 183 Å². The van der Waals surface area contributed by atoms with Crippen LogP contribution < -0.4 is 20.5 Å². The summed E-state index contributed by atoms with van der Waals surface area (Å²) in [5, 5.41) is 2.88. The largest absolute Gasteiger partial charge is 0.497 e. The van der Waals surface area contributed by atoms with Gasteiger partial charge in [-0.25, -0.2) is 4.98 Å². The minimum atomic E-state index is -0.502. The number of nitrogens with one attached hydrogen (secondary N) is 1. The number of amides is 1. The first-order valence-corrected chi connectivity index (χ1v) is 9.03. The van der Waals surface area contributed by atoms with Crippen LogP contribution in [0.1, 0.15) is 18.4 Å². The van der Waals surface area contributed by atoms with Gasteiger partial charge in [0.05, 0.1) is 13.2 Å². The highest BCUT2D eigenvalue weighted by Crippen LogP contribution is 2.24. The second kappa shape index (κ2) is 12.5. The van der Waals surface area contributed by atoms with Gasteiger partial charge in [0.25, 0.3) is 0 Å². The van der Waals surface area contributed by atoms with Crippen LogP contribution in [0.5, 0.6) is 17.4 Å². The van der Waals surface area contributed by atoms with Crippen LogP contribution in [0.3, 0.4) is 0 Å². The second-order valence-corrected chi connectivity index (χ2v) is 6.48. The number of aromatic nitrogens is 1. The van der Waals surface area contributed by atoms with E-state index in [2.05, 4.69) is 10.3 Å². The Kier molecular flexibility index (Phi) is 10.8. The van der Waals surface area contributed by atoms with Crippen molar-refractivity contribution in [1.82, 2.24) is 10.3 Å². The Morgan fingerprint density at radius 2 is 1.97 bits per heavy atom. The highest BCUT2D eigenvalue weighted by molar-refractivity contribution is 5.85. The van der Waals surface area contributed by atoms with Gasteiger partial charge in [-0.1, -0.05) is 12.1 Å². The average molecular weight is 444 g/mol. The smallest absolute Gasteiger partial charge is 0.237 e. The minimum absolute atomic E-state index is 0. The van der Waals surface area contributed by atoms with Gasteiger partial charge in [-0.15, -0.1) is 24.8 Å². The number of hydrogen-bond acceptors (Lipinski definition) is 6. The lowest BCUT2D eigenvalue weighted by atomic mass is 9.92. The normalized spacial score (nSPS) is 14.7. The molecule has 0 aliphatic carbocycles. The van der Waals surface area contributed by atoms with E-state index in [-0.39, 0.29) is 36.6 Å². The molecule has 7 nitrogen and oxygen atoms in total. The van der Waals surface area contributed by atoms with E-state index in [0.29, 0.717) is 37.1 Å². The van der Waals surface area contributed by atoms with E-state index < -0.39 is 6.04 Å². The van der Waals surface area contributed by atoms with Gasteiger partial charge in [-0.3, -0.25) is 4.79 Å². The zero-order valence-corrected chi connectivity index (χ0v) is 17.8. The minimum Gasteiger partial charge on any atom is -0.497 e. The van der Waals surface area contributed by atoms with Crippen molar-refractivity contribution < 1.29 is 19.0 Å². The number of benzene rings is 1. The lowest BCUT2D eigenvalue weighted by Gasteiger charge is -2.26. The van der Waals surface area contributed by atoms with Crippen molar-refractivity contribution >= 4 is 30.7 Å². The van der Waals surface area contributed by atoms with Gasteiger partial charge in [0.1, 0.15) is 11.5 Å². The highest BCUT2D eigenvalue weighted by Gasteiger charge is 2.26. The molecule has 0 radical (unpaired) electrons. The molecule has 1 aromatic carbocycles. The molecule has 1 aromatic heterocycles. The summed E-state index contributed by atoms with van der Waals surface area (Å²) in [6.07, 6.45) is 3.33. The Morgan fingerprint density at radius 1 is 1.24 bits per heavy atom. The zero-order chi connectivity index (χ0) is 19.1. The predicted octanol–water partition coefficient (Wildman–Crippen LogP) is 3.10.